The van der Waals surface area contributed by atoms with Gasteiger partial charge in [-0.2, -0.15) is 0 Å². The summed E-state index contributed by atoms with van der Waals surface area (Å²) in [7, 11) is 1.52. The van der Waals surface area contributed by atoms with Gasteiger partial charge in [0.05, 0.1) is 13.7 Å². The number of methoxy groups -OCH3 is 1. The number of hydrogen-bond acceptors (Lipinski definition) is 5. The van der Waals surface area contributed by atoms with Gasteiger partial charge >= 0.3 is 0 Å². The second-order valence-corrected chi connectivity index (χ2v) is 10.1. The first-order valence-corrected chi connectivity index (χ1v) is 11.8. The lowest BCUT2D eigenvalue weighted by Crippen LogP contribution is -2.50. The molecule has 2 N–H and O–H groups in total. The van der Waals surface area contributed by atoms with Gasteiger partial charge in [0, 0.05) is 18.4 Å². The van der Waals surface area contributed by atoms with Crippen LogP contribution >= 0.6 is 0 Å². The summed E-state index contributed by atoms with van der Waals surface area (Å²) in [6, 6.07) is 5.02. The molecule has 2 amide bonds. The molecular formula is C25H34N2O5. The van der Waals surface area contributed by atoms with Crippen LogP contribution in [0.25, 0.3) is 0 Å². The summed E-state index contributed by atoms with van der Waals surface area (Å²) in [5.74, 6) is 3.08. The van der Waals surface area contributed by atoms with Gasteiger partial charge in [0.1, 0.15) is 0 Å². The Hall–Kier alpha value is -2.57. The van der Waals surface area contributed by atoms with E-state index in [1.54, 1.807) is 18.2 Å². The molecule has 0 aliphatic heterocycles. The molecule has 1 aromatic carbocycles. The summed E-state index contributed by atoms with van der Waals surface area (Å²) in [6.45, 7) is 1.82. The van der Waals surface area contributed by atoms with Crippen molar-refractivity contribution in [3.8, 4) is 11.5 Å². The zero-order valence-electron chi connectivity index (χ0n) is 19.1. The SMILES string of the molecule is COc1cc(C(C)=O)ccc1OCCCC(=O)NNC(=O)CC12CC3CC(CC(C3)C1)C2. The Kier molecular flexibility index (Phi) is 6.72. The van der Waals surface area contributed by atoms with Gasteiger partial charge in [-0.25, -0.2) is 0 Å². The van der Waals surface area contributed by atoms with E-state index in [2.05, 4.69) is 10.9 Å². The van der Waals surface area contributed by atoms with Crippen LogP contribution in [0.4, 0.5) is 0 Å². The molecule has 4 saturated carbocycles. The largest absolute Gasteiger partial charge is 0.493 e. The van der Waals surface area contributed by atoms with Crippen molar-refractivity contribution < 1.29 is 23.9 Å². The summed E-state index contributed by atoms with van der Waals surface area (Å²) in [5.41, 5.74) is 5.88. The van der Waals surface area contributed by atoms with Crippen molar-refractivity contribution in [2.75, 3.05) is 13.7 Å². The number of ketones is 1. The zero-order chi connectivity index (χ0) is 22.7. The van der Waals surface area contributed by atoms with Gasteiger partial charge in [0.25, 0.3) is 0 Å². The fourth-order valence-corrected chi connectivity index (χ4v) is 6.51. The van der Waals surface area contributed by atoms with E-state index in [0.29, 0.717) is 36.5 Å². The summed E-state index contributed by atoms with van der Waals surface area (Å²) < 4.78 is 11.0. The standard InChI is InChI=1S/C25H34N2O5/c1-16(28)20-5-6-21(22(11-20)31-2)32-7-3-4-23(29)26-27-24(30)15-25-12-17-8-18(13-25)10-19(9-17)14-25/h5-6,11,17-19H,3-4,7-10,12-15H2,1-2H3,(H,26,29)(H,27,30). The molecule has 0 aromatic heterocycles. The topological polar surface area (TPSA) is 93.7 Å². The van der Waals surface area contributed by atoms with Crippen LogP contribution in [0, 0.1) is 23.2 Å². The highest BCUT2D eigenvalue weighted by Crippen LogP contribution is 2.61. The van der Waals surface area contributed by atoms with Gasteiger partial charge in [-0.15, -0.1) is 0 Å². The number of Topliss-reactive ketones (excluding diaryl/α,β-unsaturated/α-hetero) is 1. The molecule has 32 heavy (non-hydrogen) atoms. The molecule has 4 bridgehead atoms. The number of benzene rings is 1. The minimum atomic E-state index is -0.230. The lowest BCUT2D eigenvalue weighted by atomic mass is 9.49. The first kappa shape index (κ1) is 22.6. The van der Waals surface area contributed by atoms with Crippen LogP contribution in [0.3, 0.4) is 0 Å². The number of rotatable bonds is 9. The highest BCUT2D eigenvalue weighted by Gasteiger charge is 2.51. The van der Waals surface area contributed by atoms with E-state index in [1.165, 1.54) is 52.6 Å². The fraction of sp³-hybridized carbons (Fsp3) is 0.640. The molecule has 0 atom stereocenters. The van der Waals surface area contributed by atoms with E-state index in [4.69, 9.17) is 9.47 Å². The molecule has 5 rings (SSSR count). The number of hydrazine groups is 1. The first-order chi connectivity index (χ1) is 15.4. The average Bonchev–Trinajstić information content (AvgIpc) is 2.74. The number of amides is 2. The maximum absolute atomic E-state index is 12.5. The number of carbonyl (C=O) groups is 3. The lowest BCUT2D eigenvalue weighted by molar-refractivity contribution is -0.134. The summed E-state index contributed by atoms with van der Waals surface area (Å²) in [5, 5.41) is 0. The van der Waals surface area contributed by atoms with E-state index >= 15 is 0 Å². The van der Waals surface area contributed by atoms with Crippen molar-refractivity contribution in [1.82, 2.24) is 10.9 Å². The molecule has 0 heterocycles. The third kappa shape index (κ3) is 5.25. The van der Waals surface area contributed by atoms with Crippen molar-refractivity contribution in [2.24, 2.45) is 23.2 Å². The van der Waals surface area contributed by atoms with Crippen molar-refractivity contribution >= 4 is 17.6 Å². The lowest BCUT2D eigenvalue weighted by Gasteiger charge is -2.56. The Morgan fingerprint density at radius 2 is 1.59 bits per heavy atom. The normalized spacial score (nSPS) is 27.6. The Morgan fingerprint density at radius 1 is 0.969 bits per heavy atom. The molecule has 4 aliphatic rings. The van der Waals surface area contributed by atoms with Crippen molar-refractivity contribution in [1.29, 1.82) is 0 Å². The van der Waals surface area contributed by atoms with Crippen molar-refractivity contribution in [2.45, 2.75) is 64.7 Å². The Balaban J connectivity index is 1.15. The van der Waals surface area contributed by atoms with Gasteiger partial charge < -0.3 is 9.47 Å². The summed E-state index contributed by atoms with van der Waals surface area (Å²) >= 11 is 0. The van der Waals surface area contributed by atoms with Crippen LogP contribution in [-0.2, 0) is 9.59 Å². The van der Waals surface area contributed by atoms with E-state index in [9.17, 15) is 14.4 Å². The molecule has 4 fully saturated rings. The molecule has 0 unspecified atom stereocenters. The minimum Gasteiger partial charge on any atom is -0.493 e. The Morgan fingerprint density at radius 3 is 2.19 bits per heavy atom. The molecule has 7 heteroatoms. The maximum Gasteiger partial charge on any atom is 0.238 e. The van der Waals surface area contributed by atoms with Gasteiger partial charge in [-0.05, 0) is 93.2 Å². The van der Waals surface area contributed by atoms with Gasteiger partial charge in [-0.3, -0.25) is 25.2 Å². The minimum absolute atomic E-state index is 0.0447. The third-order valence-electron chi connectivity index (χ3n) is 7.42. The van der Waals surface area contributed by atoms with Crippen LogP contribution < -0.4 is 20.3 Å². The summed E-state index contributed by atoms with van der Waals surface area (Å²) in [6.07, 6.45) is 8.85. The predicted octanol–water partition coefficient (Wildman–Crippen LogP) is 3.81. The van der Waals surface area contributed by atoms with Crippen molar-refractivity contribution in [3.05, 3.63) is 23.8 Å². The van der Waals surface area contributed by atoms with Crippen molar-refractivity contribution in [3.63, 3.8) is 0 Å². The molecule has 0 radical (unpaired) electrons. The molecule has 0 saturated heterocycles. The third-order valence-corrected chi connectivity index (χ3v) is 7.42. The van der Waals surface area contributed by atoms with Crippen LogP contribution in [0.15, 0.2) is 18.2 Å². The molecule has 7 nitrogen and oxygen atoms in total. The highest BCUT2D eigenvalue weighted by molar-refractivity contribution is 5.94. The van der Waals surface area contributed by atoms with E-state index in [-0.39, 0.29) is 29.4 Å². The molecule has 1 aromatic rings. The summed E-state index contributed by atoms with van der Waals surface area (Å²) in [4.78, 5) is 36.1. The van der Waals surface area contributed by atoms with Crippen LogP contribution in [0.5, 0.6) is 11.5 Å². The van der Waals surface area contributed by atoms with Gasteiger partial charge in [0.15, 0.2) is 17.3 Å². The second kappa shape index (κ2) is 9.51. The number of nitrogens with one attached hydrogen (secondary N) is 2. The van der Waals surface area contributed by atoms with Gasteiger partial charge in [-0.1, -0.05) is 0 Å². The number of carbonyl (C=O) groups excluding carboxylic acids is 3. The zero-order valence-corrected chi connectivity index (χ0v) is 19.1. The van der Waals surface area contributed by atoms with E-state index in [0.717, 1.165) is 17.8 Å². The molecule has 174 valence electrons. The Labute approximate surface area is 189 Å². The number of hydrogen-bond donors (Lipinski definition) is 2. The average molecular weight is 443 g/mol. The predicted molar refractivity (Wildman–Crippen MR) is 119 cm³/mol. The second-order valence-electron chi connectivity index (χ2n) is 10.1. The highest BCUT2D eigenvalue weighted by atomic mass is 16.5. The monoisotopic (exact) mass is 442 g/mol. The smallest absolute Gasteiger partial charge is 0.238 e. The number of ether oxygens (including phenoxy) is 2. The van der Waals surface area contributed by atoms with Crippen LogP contribution in [0.1, 0.15) is 75.1 Å². The fourth-order valence-electron chi connectivity index (χ4n) is 6.51. The van der Waals surface area contributed by atoms with Crippen LogP contribution in [0.2, 0.25) is 0 Å². The Bertz CT molecular complexity index is 846. The van der Waals surface area contributed by atoms with Gasteiger partial charge in [0.2, 0.25) is 11.8 Å². The molecule has 4 aliphatic carbocycles. The maximum atomic E-state index is 12.5. The van der Waals surface area contributed by atoms with E-state index < -0.39 is 0 Å². The quantitative estimate of drug-likeness (QED) is 0.345. The molecular weight excluding hydrogens is 408 g/mol. The molecule has 0 spiro atoms. The van der Waals surface area contributed by atoms with Crippen LogP contribution in [-0.4, -0.2) is 31.3 Å². The van der Waals surface area contributed by atoms with E-state index in [1.807, 2.05) is 0 Å². The first-order valence-electron chi connectivity index (χ1n) is 11.8.